The molecule has 2 rings (SSSR count). The lowest BCUT2D eigenvalue weighted by Crippen LogP contribution is -2.42. The smallest absolute Gasteiger partial charge is 0.0733 e. The number of rotatable bonds is 5. The summed E-state index contributed by atoms with van der Waals surface area (Å²) in [5.41, 5.74) is 2.43. The highest BCUT2D eigenvalue weighted by atomic mass is 16.5. The van der Waals surface area contributed by atoms with E-state index >= 15 is 0 Å². The van der Waals surface area contributed by atoms with Gasteiger partial charge in [-0.05, 0) is 32.3 Å². The molecule has 0 aliphatic carbocycles. The zero-order chi connectivity index (χ0) is 13.7. The molecular weight excluding hydrogens is 238 g/mol. The van der Waals surface area contributed by atoms with E-state index in [9.17, 15) is 0 Å². The number of methoxy groups -OCH3 is 1. The summed E-state index contributed by atoms with van der Waals surface area (Å²) in [6.07, 6.45) is 3.19. The lowest BCUT2D eigenvalue weighted by molar-refractivity contribution is -0.0709. The maximum absolute atomic E-state index is 5.90. The number of hydrogen-bond acceptors (Lipinski definition) is 3. The van der Waals surface area contributed by atoms with Crippen LogP contribution in [0, 0.1) is 0 Å². The van der Waals surface area contributed by atoms with Crippen LogP contribution in [0.5, 0.6) is 0 Å². The molecule has 0 bridgehead atoms. The van der Waals surface area contributed by atoms with Crippen molar-refractivity contribution in [2.24, 2.45) is 0 Å². The Bertz CT molecular complexity index is 407. The molecule has 1 fully saturated rings. The molecule has 1 saturated heterocycles. The summed E-state index contributed by atoms with van der Waals surface area (Å²) >= 11 is 0. The van der Waals surface area contributed by atoms with Gasteiger partial charge in [0.1, 0.15) is 0 Å². The summed E-state index contributed by atoms with van der Waals surface area (Å²) in [6.45, 7) is 5.90. The number of benzene rings is 1. The molecule has 1 heterocycles. The van der Waals surface area contributed by atoms with E-state index in [4.69, 9.17) is 9.47 Å². The monoisotopic (exact) mass is 263 g/mol. The summed E-state index contributed by atoms with van der Waals surface area (Å²) in [6, 6.07) is 8.85. The first-order valence-corrected chi connectivity index (χ1v) is 7.14. The van der Waals surface area contributed by atoms with Crippen molar-refractivity contribution in [2.45, 2.75) is 51.4 Å². The summed E-state index contributed by atoms with van der Waals surface area (Å²) in [5.74, 6) is 0. The largest absolute Gasteiger partial charge is 0.382 e. The van der Waals surface area contributed by atoms with Crippen LogP contribution in [0.25, 0.3) is 0 Å². The molecule has 0 amide bonds. The zero-order valence-corrected chi connectivity index (χ0v) is 12.2. The van der Waals surface area contributed by atoms with Crippen molar-refractivity contribution in [3.63, 3.8) is 0 Å². The van der Waals surface area contributed by atoms with Gasteiger partial charge in [-0.15, -0.1) is 0 Å². The Morgan fingerprint density at radius 3 is 2.95 bits per heavy atom. The lowest BCUT2D eigenvalue weighted by Gasteiger charge is -2.38. The Labute approximate surface area is 116 Å². The van der Waals surface area contributed by atoms with Gasteiger partial charge in [0.15, 0.2) is 0 Å². The van der Waals surface area contributed by atoms with Crippen LogP contribution in [-0.4, -0.2) is 25.4 Å². The maximum atomic E-state index is 5.90. The van der Waals surface area contributed by atoms with Crippen molar-refractivity contribution in [1.29, 1.82) is 0 Å². The molecule has 1 aliphatic heterocycles. The highest BCUT2D eigenvalue weighted by molar-refractivity contribution is 5.51. The SMILES string of the molecule is CCC1(C)CC(Nc2ccccc2COC)CCO1. The van der Waals surface area contributed by atoms with E-state index in [0.29, 0.717) is 12.6 Å². The molecule has 1 aromatic rings. The van der Waals surface area contributed by atoms with Crippen molar-refractivity contribution in [3.8, 4) is 0 Å². The Morgan fingerprint density at radius 1 is 1.42 bits per heavy atom. The van der Waals surface area contributed by atoms with Gasteiger partial charge in [0.25, 0.3) is 0 Å². The van der Waals surface area contributed by atoms with Crippen molar-refractivity contribution < 1.29 is 9.47 Å². The van der Waals surface area contributed by atoms with Crippen LogP contribution in [0.2, 0.25) is 0 Å². The van der Waals surface area contributed by atoms with Gasteiger partial charge >= 0.3 is 0 Å². The predicted octanol–water partition coefficient (Wildman–Crippen LogP) is 3.59. The number of nitrogens with one attached hydrogen (secondary N) is 1. The Kier molecular flexibility index (Phi) is 4.83. The minimum Gasteiger partial charge on any atom is -0.382 e. The molecule has 0 aromatic heterocycles. The number of ether oxygens (including phenoxy) is 2. The molecule has 106 valence electrons. The highest BCUT2D eigenvalue weighted by Crippen LogP contribution is 2.30. The fourth-order valence-corrected chi connectivity index (χ4v) is 2.66. The van der Waals surface area contributed by atoms with Gasteiger partial charge in [-0.25, -0.2) is 0 Å². The molecular formula is C16H25NO2. The average Bonchev–Trinajstić information content (AvgIpc) is 2.41. The van der Waals surface area contributed by atoms with Gasteiger partial charge in [0.05, 0.1) is 12.2 Å². The maximum Gasteiger partial charge on any atom is 0.0733 e. The summed E-state index contributed by atoms with van der Waals surface area (Å²) in [4.78, 5) is 0. The van der Waals surface area contributed by atoms with E-state index in [0.717, 1.165) is 25.9 Å². The van der Waals surface area contributed by atoms with E-state index in [2.05, 4.69) is 43.4 Å². The van der Waals surface area contributed by atoms with E-state index in [1.807, 2.05) is 0 Å². The van der Waals surface area contributed by atoms with Gasteiger partial charge in [0.2, 0.25) is 0 Å². The fraction of sp³-hybridized carbons (Fsp3) is 0.625. The third-order valence-electron chi connectivity index (χ3n) is 4.02. The van der Waals surface area contributed by atoms with Crippen molar-refractivity contribution in [1.82, 2.24) is 0 Å². The first kappa shape index (κ1) is 14.4. The van der Waals surface area contributed by atoms with E-state index in [1.54, 1.807) is 7.11 Å². The standard InChI is InChI=1S/C16H25NO2/c1-4-16(2)11-14(9-10-19-16)17-15-8-6-5-7-13(15)12-18-3/h5-8,14,17H,4,9-12H2,1-3H3. The summed E-state index contributed by atoms with van der Waals surface area (Å²) in [7, 11) is 1.74. The molecule has 2 unspecified atom stereocenters. The van der Waals surface area contributed by atoms with Crippen LogP contribution in [0.4, 0.5) is 5.69 Å². The van der Waals surface area contributed by atoms with Crippen LogP contribution in [0.15, 0.2) is 24.3 Å². The number of anilines is 1. The third kappa shape index (κ3) is 3.71. The molecule has 0 spiro atoms. The minimum atomic E-state index is 0.0200. The van der Waals surface area contributed by atoms with E-state index in [-0.39, 0.29) is 5.60 Å². The van der Waals surface area contributed by atoms with Gasteiger partial charge < -0.3 is 14.8 Å². The van der Waals surface area contributed by atoms with Gasteiger partial charge in [0, 0.05) is 31.0 Å². The Balaban J connectivity index is 2.04. The van der Waals surface area contributed by atoms with Crippen LogP contribution < -0.4 is 5.32 Å². The number of hydrogen-bond donors (Lipinski definition) is 1. The molecule has 1 N–H and O–H groups in total. The minimum absolute atomic E-state index is 0.0200. The molecule has 1 aromatic carbocycles. The topological polar surface area (TPSA) is 30.5 Å². The summed E-state index contributed by atoms with van der Waals surface area (Å²) < 4.78 is 11.2. The van der Waals surface area contributed by atoms with Gasteiger partial charge in [-0.2, -0.15) is 0 Å². The average molecular weight is 263 g/mol. The lowest BCUT2D eigenvalue weighted by atomic mass is 9.89. The van der Waals surface area contributed by atoms with Crippen LogP contribution in [0.1, 0.15) is 38.7 Å². The second-order valence-electron chi connectivity index (χ2n) is 5.58. The molecule has 0 radical (unpaired) electrons. The fourth-order valence-electron chi connectivity index (χ4n) is 2.66. The molecule has 19 heavy (non-hydrogen) atoms. The normalized spacial score (nSPS) is 27.2. The molecule has 3 nitrogen and oxygen atoms in total. The van der Waals surface area contributed by atoms with Crippen molar-refractivity contribution in [3.05, 3.63) is 29.8 Å². The van der Waals surface area contributed by atoms with Gasteiger partial charge in [-0.1, -0.05) is 25.1 Å². The van der Waals surface area contributed by atoms with Crippen molar-refractivity contribution >= 4 is 5.69 Å². The molecule has 0 saturated carbocycles. The second kappa shape index (κ2) is 6.40. The Hall–Kier alpha value is -1.06. The predicted molar refractivity (Wildman–Crippen MR) is 78.4 cm³/mol. The second-order valence-corrected chi connectivity index (χ2v) is 5.58. The first-order chi connectivity index (χ1) is 9.17. The van der Waals surface area contributed by atoms with Crippen LogP contribution in [0.3, 0.4) is 0 Å². The van der Waals surface area contributed by atoms with Crippen LogP contribution in [-0.2, 0) is 16.1 Å². The van der Waals surface area contributed by atoms with Crippen molar-refractivity contribution in [2.75, 3.05) is 19.0 Å². The van der Waals surface area contributed by atoms with Crippen LogP contribution >= 0.6 is 0 Å². The van der Waals surface area contributed by atoms with Gasteiger partial charge in [-0.3, -0.25) is 0 Å². The highest BCUT2D eigenvalue weighted by Gasteiger charge is 2.31. The third-order valence-corrected chi connectivity index (χ3v) is 4.02. The van der Waals surface area contributed by atoms with E-state index in [1.165, 1.54) is 11.3 Å². The zero-order valence-electron chi connectivity index (χ0n) is 12.2. The van der Waals surface area contributed by atoms with E-state index < -0.39 is 0 Å². The molecule has 2 atom stereocenters. The quantitative estimate of drug-likeness (QED) is 0.880. The molecule has 1 aliphatic rings. The number of para-hydroxylation sites is 1. The molecule has 3 heteroatoms. The Morgan fingerprint density at radius 2 is 2.21 bits per heavy atom. The first-order valence-electron chi connectivity index (χ1n) is 7.14. The summed E-state index contributed by atoms with van der Waals surface area (Å²) in [5, 5.41) is 3.66.